The Balaban J connectivity index is 2.19. The second kappa shape index (κ2) is 6.63. The molecule has 0 amide bonds. The van der Waals surface area contributed by atoms with Crippen LogP contribution in [0.3, 0.4) is 0 Å². The van der Waals surface area contributed by atoms with Gasteiger partial charge in [0, 0.05) is 22.6 Å². The first-order valence-electron chi connectivity index (χ1n) is 7.13. The van der Waals surface area contributed by atoms with Crippen LogP contribution in [0.15, 0.2) is 53.0 Å². The van der Waals surface area contributed by atoms with E-state index in [9.17, 15) is 5.11 Å². The van der Waals surface area contributed by atoms with E-state index >= 15 is 0 Å². The Morgan fingerprint density at radius 3 is 2.38 bits per heavy atom. The summed E-state index contributed by atoms with van der Waals surface area (Å²) in [5.74, 6) is 0.325. The van der Waals surface area contributed by atoms with Gasteiger partial charge >= 0.3 is 0 Å². The standard InChI is InChI=1S/C18H22BrNO/c1-18(2,3)17(13-7-5-4-6-8-13)20-12-14-11-15(19)9-10-16(14)21/h4-11,17,20-21H,12H2,1-3H3. The third kappa shape index (κ3) is 4.32. The molecule has 0 spiro atoms. The van der Waals surface area contributed by atoms with Crippen LogP contribution < -0.4 is 5.32 Å². The van der Waals surface area contributed by atoms with Crippen LogP contribution in [0, 0.1) is 5.41 Å². The fourth-order valence-corrected chi connectivity index (χ4v) is 2.89. The quantitative estimate of drug-likeness (QED) is 0.812. The molecule has 2 N–H and O–H groups in total. The number of nitrogens with one attached hydrogen (secondary N) is 1. The topological polar surface area (TPSA) is 32.3 Å². The summed E-state index contributed by atoms with van der Waals surface area (Å²) >= 11 is 3.45. The number of phenolic OH excluding ortho intramolecular Hbond substituents is 1. The average Bonchev–Trinajstić information content (AvgIpc) is 2.42. The predicted molar refractivity (Wildman–Crippen MR) is 91.3 cm³/mol. The van der Waals surface area contributed by atoms with E-state index < -0.39 is 0 Å². The molecule has 1 atom stereocenters. The van der Waals surface area contributed by atoms with Gasteiger partial charge in [-0.25, -0.2) is 0 Å². The summed E-state index contributed by atoms with van der Waals surface area (Å²) in [4.78, 5) is 0. The van der Waals surface area contributed by atoms with Gasteiger partial charge in [0.1, 0.15) is 5.75 Å². The second-order valence-corrected chi connectivity index (χ2v) is 7.28. The number of halogens is 1. The summed E-state index contributed by atoms with van der Waals surface area (Å²) in [6.45, 7) is 7.29. The van der Waals surface area contributed by atoms with Crippen LogP contribution in [-0.2, 0) is 6.54 Å². The Labute approximate surface area is 135 Å². The molecule has 0 bridgehead atoms. The normalized spacial score (nSPS) is 13.1. The fraction of sp³-hybridized carbons (Fsp3) is 0.333. The zero-order valence-corrected chi connectivity index (χ0v) is 14.3. The molecule has 21 heavy (non-hydrogen) atoms. The van der Waals surface area contributed by atoms with Crippen LogP contribution in [0.2, 0.25) is 0 Å². The highest BCUT2D eigenvalue weighted by Crippen LogP contribution is 2.33. The Hall–Kier alpha value is -1.32. The van der Waals surface area contributed by atoms with E-state index in [-0.39, 0.29) is 11.5 Å². The number of hydrogen-bond acceptors (Lipinski definition) is 2. The van der Waals surface area contributed by atoms with Crippen LogP contribution in [0.5, 0.6) is 5.75 Å². The van der Waals surface area contributed by atoms with Crippen molar-refractivity contribution in [3.8, 4) is 5.75 Å². The minimum Gasteiger partial charge on any atom is -0.508 e. The molecule has 3 heteroatoms. The molecule has 0 saturated carbocycles. The second-order valence-electron chi connectivity index (χ2n) is 6.36. The van der Waals surface area contributed by atoms with Gasteiger partial charge < -0.3 is 10.4 Å². The van der Waals surface area contributed by atoms with Gasteiger partial charge in [-0.3, -0.25) is 0 Å². The molecule has 0 aromatic heterocycles. The number of hydrogen-bond donors (Lipinski definition) is 2. The molecular weight excluding hydrogens is 326 g/mol. The lowest BCUT2D eigenvalue weighted by Gasteiger charge is -2.32. The van der Waals surface area contributed by atoms with E-state index in [1.807, 2.05) is 18.2 Å². The molecule has 0 fully saturated rings. The molecule has 0 heterocycles. The van der Waals surface area contributed by atoms with E-state index in [1.165, 1.54) is 5.56 Å². The summed E-state index contributed by atoms with van der Waals surface area (Å²) in [5.41, 5.74) is 2.25. The van der Waals surface area contributed by atoms with E-state index in [2.05, 4.69) is 66.3 Å². The van der Waals surface area contributed by atoms with E-state index in [1.54, 1.807) is 6.07 Å². The minimum atomic E-state index is 0.0863. The number of aromatic hydroxyl groups is 1. The molecule has 0 saturated heterocycles. The van der Waals surface area contributed by atoms with Gasteiger partial charge in [0.25, 0.3) is 0 Å². The highest BCUT2D eigenvalue weighted by atomic mass is 79.9. The van der Waals surface area contributed by atoms with Crippen LogP contribution in [0.4, 0.5) is 0 Å². The fourth-order valence-electron chi connectivity index (χ4n) is 2.48. The predicted octanol–water partition coefficient (Wildman–Crippen LogP) is 5.03. The molecule has 2 rings (SSSR count). The lowest BCUT2D eigenvalue weighted by atomic mass is 9.82. The van der Waals surface area contributed by atoms with Crippen LogP contribution in [0.25, 0.3) is 0 Å². The Morgan fingerprint density at radius 2 is 1.76 bits per heavy atom. The van der Waals surface area contributed by atoms with Crippen molar-refractivity contribution in [2.45, 2.75) is 33.4 Å². The highest BCUT2D eigenvalue weighted by molar-refractivity contribution is 9.10. The maximum atomic E-state index is 9.96. The Kier molecular flexibility index (Phi) is 5.07. The molecule has 1 unspecified atom stereocenters. The number of phenols is 1. The van der Waals surface area contributed by atoms with Crippen molar-refractivity contribution in [1.29, 1.82) is 0 Å². The lowest BCUT2D eigenvalue weighted by Crippen LogP contribution is -2.32. The Bertz CT molecular complexity index is 590. The summed E-state index contributed by atoms with van der Waals surface area (Å²) in [6.07, 6.45) is 0. The molecular formula is C18H22BrNO. The summed E-state index contributed by atoms with van der Waals surface area (Å²) in [7, 11) is 0. The molecule has 112 valence electrons. The van der Waals surface area contributed by atoms with Crippen LogP contribution >= 0.6 is 15.9 Å². The van der Waals surface area contributed by atoms with Crippen molar-refractivity contribution in [1.82, 2.24) is 5.32 Å². The maximum absolute atomic E-state index is 9.96. The summed E-state index contributed by atoms with van der Waals surface area (Å²) in [6, 6.07) is 16.2. The van der Waals surface area contributed by atoms with Crippen molar-refractivity contribution < 1.29 is 5.11 Å². The monoisotopic (exact) mass is 347 g/mol. The first-order chi connectivity index (χ1) is 9.88. The van der Waals surface area contributed by atoms with Gasteiger partial charge in [0.05, 0.1) is 0 Å². The molecule has 2 aromatic rings. The van der Waals surface area contributed by atoms with E-state index in [4.69, 9.17) is 0 Å². The summed E-state index contributed by atoms with van der Waals surface area (Å²) in [5, 5.41) is 13.5. The first kappa shape index (κ1) is 16.1. The SMILES string of the molecule is CC(C)(C)C(NCc1cc(Br)ccc1O)c1ccccc1. The largest absolute Gasteiger partial charge is 0.508 e. The average molecular weight is 348 g/mol. The Morgan fingerprint density at radius 1 is 1.10 bits per heavy atom. The van der Waals surface area contributed by atoms with Gasteiger partial charge in [-0.15, -0.1) is 0 Å². The van der Waals surface area contributed by atoms with E-state index in [0.717, 1.165) is 10.0 Å². The van der Waals surface area contributed by atoms with Gasteiger partial charge in [0.15, 0.2) is 0 Å². The van der Waals surface area contributed by atoms with Gasteiger partial charge in [-0.2, -0.15) is 0 Å². The zero-order chi connectivity index (χ0) is 15.5. The van der Waals surface area contributed by atoms with Crippen molar-refractivity contribution in [2.24, 2.45) is 5.41 Å². The van der Waals surface area contributed by atoms with Crippen LogP contribution in [0.1, 0.15) is 37.9 Å². The molecule has 2 nitrogen and oxygen atoms in total. The van der Waals surface area contributed by atoms with Gasteiger partial charge in [-0.05, 0) is 29.2 Å². The number of benzene rings is 2. The van der Waals surface area contributed by atoms with Crippen molar-refractivity contribution >= 4 is 15.9 Å². The van der Waals surface area contributed by atoms with Crippen molar-refractivity contribution in [3.63, 3.8) is 0 Å². The van der Waals surface area contributed by atoms with Gasteiger partial charge in [-0.1, -0.05) is 67.0 Å². The first-order valence-corrected chi connectivity index (χ1v) is 7.93. The third-order valence-corrected chi connectivity index (χ3v) is 4.03. The lowest BCUT2D eigenvalue weighted by molar-refractivity contribution is 0.270. The van der Waals surface area contributed by atoms with Crippen molar-refractivity contribution in [2.75, 3.05) is 0 Å². The smallest absolute Gasteiger partial charge is 0.120 e. The molecule has 0 aliphatic heterocycles. The molecule has 0 aliphatic carbocycles. The minimum absolute atomic E-state index is 0.0863. The maximum Gasteiger partial charge on any atom is 0.120 e. The summed E-state index contributed by atoms with van der Waals surface area (Å²) < 4.78 is 0.976. The highest BCUT2D eigenvalue weighted by Gasteiger charge is 2.25. The van der Waals surface area contributed by atoms with Crippen molar-refractivity contribution in [3.05, 3.63) is 64.1 Å². The molecule has 0 aliphatic rings. The third-order valence-electron chi connectivity index (χ3n) is 3.54. The van der Waals surface area contributed by atoms with Crippen LogP contribution in [-0.4, -0.2) is 5.11 Å². The van der Waals surface area contributed by atoms with E-state index in [0.29, 0.717) is 12.3 Å². The van der Waals surface area contributed by atoms with Gasteiger partial charge in [0.2, 0.25) is 0 Å². The zero-order valence-electron chi connectivity index (χ0n) is 12.7. The molecule has 0 radical (unpaired) electrons. The number of rotatable bonds is 4. The molecule has 2 aromatic carbocycles.